The van der Waals surface area contributed by atoms with Gasteiger partial charge in [0.1, 0.15) is 23.9 Å². The first-order chi connectivity index (χ1) is 13.9. The lowest BCUT2D eigenvalue weighted by molar-refractivity contribution is 0.0978. The van der Waals surface area contributed by atoms with Crippen molar-refractivity contribution < 1.29 is 19.1 Å². The van der Waals surface area contributed by atoms with Gasteiger partial charge in [-0.1, -0.05) is 27.5 Å². The van der Waals surface area contributed by atoms with Gasteiger partial charge in [0.2, 0.25) is 0 Å². The van der Waals surface area contributed by atoms with Crippen LogP contribution in [0, 0.1) is 0 Å². The minimum Gasteiger partial charge on any atom is -0.495 e. The van der Waals surface area contributed by atoms with Gasteiger partial charge in [-0.15, -0.1) is 0 Å². The number of benzene rings is 2. The Morgan fingerprint density at radius 2 is 2.03 bits per heavy atom. The third-order valence-corrected chi connectivity index (χ3v) is 4.98. The van der Waals surface area contributed by atoms with E-state index in [1.165, 1.54) is 7.11 Å². The molecule has 0 radical (unpaired) electrons. The van der Waals surface area contributed by atoms with Crippen LogP contribution in [-0.4, -0.2) is 23.2 Å². The number of thiocarbonyl (C=S) groups is 1. The Hall–Kier alpha value is -2.39. The Kier molecular flexibility index (Phi) is 6.92. The molecule has 150 valence electrons. The van der Waals surface area contributed by atoms with Crippen LogP contribution >= 0.6 is 39.7 Å². The summed E-state index contributed by atoms with van der Waals surface area (Å²) in [6.45, 7) is -0.185. The smallest absolute Gasteiger partial charge is 0.258 e. The second-order valence-electron chi connectivity index (χ2n) is 5.87. The summed E-state index contributed by atoms with van der Waals surface area (Å²) >= 11 is 14.7. The van der Waals surface area contributed by atoms with Crippen LogP contribution in [0.3, 0.4) is 0 Å². The first-order valence-electron chi connectivity index (χ1n) is 8.36. The van der Waals surface area contributed by atoms with Crippen LogP contribution in [0.4, 0.5) is 5.69 Å². The molecule has 0 bridgehead atoms. The van der Waals surface area contributed by atoms with Gasteiger partial charge in [-0.2, -0.15) is 0 Å². The van der Waals surface area contributed by atoms with Gasteiger partial charge >= 0.3 is 0 Å². The van der Waals surface area contributed by atoms with Gasteiger partial charge < -0.3 is 19.6 Å². The molecule has 3 aromatic rings. The third kappa shape index (κ3) is 5.16. The standard InChI is InChI=1S/C20H16BrClN2O4S/c1-27-18-6-2-11(17-7-4-13(10-25)28-17)8-16(18)23-20(29)24-19(26)14-9-12(21)3-5-15(14)22/h2-9,25H,10H2,1H3,(H2,23,24,26,29). The SMILES string of the molecule is COc1ccc(-c2ccc(CO)o2)cc1NC(=S)NC(=O)c1cc(Br)ccc1Cl. The maximum atomic E-state index is 12.5. The second kappa shape index (κ2) is 9.41. The molecule has 0 unspecified atom stereocenters. The minimum atomic E-state index is -0.442. The molecule has 0 atom stereocenters. The molecule has 2 aromatic carbocycles. The lowest BCUT2D eigenvalue weighted by Crippen LogP contribution is -2.34. The molecule has 0 saturated carbocycles. The number of halogens is 2. The summed E-state index contributed by atoms with van der Waals surface area (Å²) in [5, 5.41) is 15.1. The van der Waals surface area contributed by atoms with Crippen molar-refractivity contribution in [3.8, 4) is 17.1 Å². The van der Waals surface area contributed by atoms with E-state index >= 15 is 0 Å². The molecule has 0 aliphatic heterocycles. The lowest BCUT2D eigenvalue weighted by Gasteiger charge is -2.14. The topological polar surface area (TPSA) is 83.7 Å². The largest absolute Gasteiger partial charge is 0.495 e. The van der Waals surface area contributed by atoms with E-state index < -0.39 is 5.91 Å². The summed E-state index contributed by atoms with van der Waals surface area (Å²) in [7, 11) is 1.53. The highest BCUT2D eigenvalue weighted by Crippen LogP contribution is 2.31. The summed E-state index contributed by atoms with van der Waals surface area (Å²) in [5.74, 6) is 1.12. The number of nitrogens with one attached hydrogen (secondary N) is 2. The number of furan rings is 1. The van der Waals surface area contributed by atoms with E-state index in [0.29, 0.717) is 28.0 Å². The second-order valence-corrected chi connectivity index (χ2v) is 7.60. The zero-order chi connectivity index (χ0) is 21.0. The van der Waals surface area contributed by atoms with Crippen molar-refractivity contribution >= 4 is 56.5 Å². The molecule has 1 heterocycles. The molecule has 0 aliphatic rings. The van der Waals surface area contributed by atoms with E-state index in [4.69, 9.17) is 33.0 Å². The van der Waals surface area contributed by atoms with Crippen LogP contribution in [0.1, 0.15) is 16.1 Å². The highest BCUT2D eigenvalue weighted by atomic mass is 79.9. The molecule has 6 nitrogen and oxygen atoms in total. The first kappa shape index (κ1) is 21.3. The number of ether oxygens (including phenoxy) is 1. The van der Waals surface area contributed by atoms with Crippen LogP contribution in [0.5, 0.6) is 5.75 Å². The number of hydrogen-bond donors (Lipinski definition) is 3. The van der Waals surface area contributed by atoms with Crippen molar-refractivity contribution in [2.45, 2.75) is 6.61 Å². The number of hydrogen-bond acceptors (Lipinski definition) is 5. The van der Waals surface area contributed by atoms with Crippen LogP contribution in [0.2, 0.25) is 5.02 Å². The average molecular weight is 496 g/mol. The normalized spacial score (nSPS) is 10.5. The predicted molar refractivity (Wildman–Crippen MR) is 119 cm³/mol. The highest BCUT2D eigenvalue weighted by molar-refractivity contribution is 9.10. The van der Waals surface area contributed by atoms with E-state index in [1.54, 1.807) is 42.5 Å². The fourth-order valence-electron chi connectivity index (χ4n) is 2.57. The third-order valence-electron chi connectivity index (χ3n) is 3.95. The van der Waals surface area contributed by atoms with Gasteiger partial charge in [-0.05, 0) is 60.7 Å². The van der Waals surface area contributed by atoms with Crippen molar-refractivity contribution in [2.75, 3.05) is 12.4 Å². The van der Waals surface area contributed by atoms with E-state index in [1.807, 2.05) is 6.07 Å². The van der Waals surface area contributed by atoms with E-state index in [-0.39, 0.29) is 17.3 Å². The van der Waals surface area contributed by atoms with Gasteiger partial charge in [0.05, 0.1) is 23.4 Å². The summed E-state index contributed by atoms with van der Waals surface area (Å²) in [6, 6.07) is 13.7. The Balaban J connectivity index is 1.79. The molecule has 1 aromatic heterocycles. The zero-order valence-electron chi connectivity index (χ0n) is 15.2. The number of anilines is 1. The molecule has 0 fully saturated rings. The number of rotatable bonds is 5. The molecule has 3 N–H and O–H groups in total. The van der Waals surface area contributed by atoms with Gasteiger partial charge in [0, 0.05) is 10.0 Å². The van der Waals surface area contributed by atoms with Gasteiger partial charge in [0.15, 0.2) is 5.11 Å². The fourth-order valence-corrected chi connectivity index (χ4v) is 3.34. The summed E-state index contributed by atoms with van der Waals surface area (Å²) in [5.41, 5.74) is 1.58. The lowest BCUT2D eigenvalue weighted by atomic mass is 10.1. The Labute approximate surface area is 185 Å². The Morgan fingerprint density at radius 1 is 1.24 bits per heavy atom. The van der Waals surface area contributed by atoms with Crippen LogP contribution < -0.4 is 15.4 Å². The van der Waals surface area contributed by atoms with E-state index in [9.17, 15) is 9.90 Å². The Morgan fingerprint density at radius 3 is 2.72 bits per heavy atom. The van der Waals surface area contributed by atoms with Crippen LogP contribution in [0.25, 0.3) is 11.3 Å². The van der Waals surface area contributed by atoms with E-state index in [2.05, 4.69) is 26.6 Å². The first-order valence-corrected chi connectivity index (χ1v) is 9.94. The van der Waals surface area contributed by atoms with Crippen molar-refractivity contribution in [3.05, 3.63) is 69.3 Å². The molecule has 9 heteroatoms. The van der Waals surface area contributed by atoms with Crippen molar-refractivity contribution in [3.63, 3.8) is 0 Å². The number of aliphatic hydroxyl groups excluding tert-OH is 1. The van der Waals surface area contributed by atoms with Crippen LogP contribution in [-0.2, 0) is 6.61 Å². The molecular formula is C20H16BrClN2O4S. The molecular weight excluding hydrogens is 480 g/mol. The molecule has 0 spiro atoms. The van der Waals surface area contributed by atoms with Gasteiger partial charge in [-0.25, -0.2) is 0 Å². The molecule has 0 saturated heterocycles. The van der Waals surface area contributed by atoms with Crippen molar-refractivity contribution in [1.29, 1.82) is 0 Å². The maximum Gasteiger partial charge on any atom is 0.258 e. The monoisotopic (exact) mass is 494 g/mol. The quantitative estimate of drug-likeness (QED) is 0.433. The fraction of sp³-hybridized carbons (Fsp3) is 0.100. The number of carbonyl (C=O) groups excluding carboxylic acids is 1. The number of amides is 1. The molecule has 29 heavy (non-hydrogen) atoms. The summed E-state index contributed by atoms with van der Waals surface area (Å²) in [4.78, 5) is 12.5. The number of carbonyl (C=O) groups is 1. The predicted octanol–water partition coefficient (Wildman–Crippen LogP) is 4.99. The van der Waals surface area contributed by atoms with Gasteiger partial charge in [0.25, 0.3) is 5.91 Å². The van der Waals surface area contributed by atoms with Gasteiger partial charge in [-0.3, -0.25) is 10.1 Å². The molecule has 0 aliphatic carbocycles. The number of methoxy groups -OCH3 is 1. The molecule has 3 rings (SSSR count). The zero-order valence-corrected chi connectivity index (χ0v) is 18.3. The maximum absolute atomic E-state index is 12.5. The summed E-state index contributed by atoms with van der Waals surface area (Å²) < 4.78 is 11.6. The minimum absolute atomic E-state index is 0.0805. The van der Waals surface area contributed by atoms with Crippen molar-refractivity contribution in [1.82, 2.24) is 5.32 Å². The Bertz CT molecular complexity index is 1070. The summed E-state index contributed by atoms with van der Waals surface area (Å²) in [6.07, 6.45) is 0. The average Bonchev–Trinajstić information content (AvgIpc) is 3.19. The highest BCUT2D eigenvalue weighted by Gasteiger charge is 2.15. The van der Waals surface area contributed by atoms with Crippen LogP contribution in [0.15, 0.2) is 57.4 Å². The molecule has 1 amide bonds. The van der Waals surface area contributed by atoms with Crippen molar-refractivity contribution in [2.24, 2.45) is 0 Å². The number of aliphatic hydroxyl groups is 1. The van der Waals surface area contributed by atoms with E-state index in [0.717, 1.165) is 10.0 Å².